The minimum Gasteiger partial charge on any atom is -0.459 e. The smallest absolute Gasteiger partial charge is 0.407 e. The number of nitrogens with one attached hydrogen (secondary N) is 2. The third-order valence-corrected chi connectivity index (χ3v) is 4.95. The summed E-state index contributed by atoms with van der Waals surface area (Å²) in [5.74, 6) is -1.58. The van der Waals surface area contributed by atoms with E-state index in [1.165, 1.54) is 0 Å². The molecule has 3 N–H and O–H groups in total. The molecule has 2 aromatic rings. The second kappa shape index (κ2) is 14.6. The van der Waals surface area contributed by atoms with Gasteiger partial charge in [0.25, 0.3) is 0 Å². The number of aliphatic hydroxyl groups is 1. The number of benzene rings is 2. The van der Waals surface area contributed by atoms with Gasteiger partial charge in [0.05, 0.1) is 12.5 Å². The number of unbranched alkanes of at least 4 members (excludes halogenated alkanes) is 1. The summed E-state index contributed by atoms with van der Waals surface area (Å²) in [5, 5.41) is 14.5. The molecule has 8 nitrogen and oxygen atoms in total. The van der Waals surface area contributed by atoms with Crippen LogP contribution in [-0.4, -0.2) is 42.3 Å². The van der Waals surface area contributed by atoms with Crippen molar-refractivity contribution in [2.75, 3.05) is 13.2 Å². The van der Waals surface area contributed by atoms with Crippen LogP contribution in [0.3, 0.4) is 0 Å². The van der Waals surface area contributed by atoms with E-state index in [1.54, 1.807) is 6.92 Å². The molecule has 0 radical (unpaired) electrons. The van der Waals surface area contributed by atoms with E-state index in [1.807, 2.05) is 60.7 Å². The van der Waals surface area contributed by atoms with Crippen molar-refractivity contribution in [3.63, 3.8) is 0 Å². The topological polar surface area (TPSA) is 114 Å². The van der Waals surface area contributed by atoms with E-state index in [0.717, 1.165) is 11.1 Å². The van der Waals surface area contributed by atoms with Crippen molar-refractivity contribution in [3.05, 3.63) is 71.8 Å². The summed E-state index contributed by atoms with van der Waals surface area (Å²) >= 11 is 0. The van der Waals surface area contributed by atoms with Crippen LogP contribution in [0.15, 0.2) is 60.7 Å². The molecule has 178 valence electrons. The molecule has 0 aliphatic heterocycles. The van der Waals surface area contributed by atoms with Gasteiger partial charge in [0.15, 0.2) is 0 Å². The fourth-order valence-corrected chi connectivity index (χ4v) is 2.91. The van der Waals surface area contributed by atoms with Crippen molar-refractivity contribution >= 4 is 18.0 Å². The molecule has 33 heavy (non-hydrogen) atoms. The van der Waals surface area contributed by atoms with Gasteiger partial charge in [-0.15, -0.1) is 0 Å². The van der Waals surface area contributed by atoms with Gasteiger partial charge in [0.2, 0.25) is 5.91 Å². The Hall–Kier alpha value is -3.39. The quantitative estimate of drug-likeness (QED) is 0.315. The van der Waals surface area contributed by atoms with Crippen LogP contribution in [0.4, 0.5) is 4.79 Å². The lowest BCUT2D eigenvalue weighted by Gasteiger charge is -2.19. The Kier molecular flexibility index (Phi) is 11.5. The van der Waals surface area contributed by atoms with Crippen molar-refractivity contribution in [1.29, 1.82) is 0 Å². The van der Waals surface area contributed by atoms with Crippen LogP contribution in [0.2, 0.25) is 0 Å². The zero-order valence-electron chi connectivity index (χ0n) is 18.9. The van der Waals surface area contributed by atoms with Crippen molar-refractivity contribution in [3.8, 4) is 0 Å². The molecule has 8 heteroatoms. The summed E-state index contributed by atoms with van der Waals surface area (Å²) in [6.45, 7) is 1.94. The minimum absolute atomic E-state index is 0.108. The summed E-state index contributed by atoms with van der Waals surface area (Å²) < 4.78 is 10.5. The van der Waals surface area contributed by atoms with Gasteiger partial charge in [-0.3, -0.25) is 4.79 Å². The normalized spacial score (nSPS) is 12.3. The number of esters is 1. The molecule has 0 aromatic heterocycles. The molecule has 2 rings (SSSR count). The zero-order chi connectivity index (χ0) is 23.9. The van der Waals surface area contributed by atoms with E-state index in [9.17, 15) is 19.5 Å². The summed E-state index contributed by atoms with van der Waals surface area (Å²) in [5.41, 5.74) is 1.75. The van der Waals surface area contributed by atoms with Gasteiger partial charge in [0, 0.05) is 6.54 Å². The lowest BCUT2D eigenvalue weighted by molar-refractivity contribution is -0.149. The molecule has 0 unspecified atom stereocenters. The van der Waals surface area contributed by atoms with E-state index in [2.05, 4.69) is 10.6 Å². The Balaban J connectivity index is 1.74. The number of hydrogen-bond donors (Lipinski definition) is 3. The highest BCUT2D eigenvalue weighted by atomic mass is 16.5. The van der Waals surface area contributed by atoms with Crippen molar-refractivity contribution in [1.82, 2.24) is 10.6 Å². The first-order valence-electron chi connectivity index (χ1n) is 11.1. The number of amides is 2. The van der Waals surface area contributed by atoms with Gasteiger partial charge in [0.1, 0.15) is 19.3 Å². The molecule has 0 aliphatic carbocycles. The van der Waals surface area contributed by atoms with E-state index in [4.69, 9.17) is 9.47 Å². The van der Waals surface area contributed by atoms with Gasteiger partial charge in [-0.2, -0.15) is 0 Å². The Morgan fingerprint density at radius 1 is 0.879 bits per heavy atom. The Labute approximate surface area is 194 Å². The largest absolute Gasteiger partial charge is 0.459 e. The first-order chi connectivity index (χ1) is 16.0. The first kappa shape index (κ1) is 25.9. The SMILES string of the molecule is C[C@@H](CO)C(=O)N[C@@H](CCCCNC(=O)OCc1ccccc1)C(=O)OCc1ccccc1. The Morgan fingerprint density at radius 3 is 2.03 bits per heavy atom. The predicted octanol–water partition coefficient (Wildman–Crippen LogP) is 2.94. The number of alkyl carbamates (subject to hydrolysis) is 1. The molecule has 2 atom stereocenters. The standard InChI is InChI=1S/C25H32N2O6/c1-19(16-28)23(29)27-22(24(30)32-17-20-10-4-2-5-11-20)14-8-9-15-26-25(31)33-18-21-12-6-3-7-13-21/h2-7,10-13,19,22,28H,8-9,14-18H2,1H3,(H,26,31)(H,27,29)/t19-,22-/m0/s1. The van der Waals surface area contributed by atoms with Crippen LogP contribution in [0, 0.1) is 5.92 Å². The first-order valence-corrected chi connectivity index (χ1v) is 11.1. The van der Waals surface area contributed by atoms with Gasteiger partial charge in [-0.25, -0.2) is 9.59 Å². The number of hydrogen-bond acceptors (Lipinski definition) is 6. The summed E-state index contributed by atoms with van der Waals surface area (Å²) in [4.78, 5) is 36.6. The van der Waals surface area contributed by atoms with Crippen molar-refractivity contribution < 1.29 is 29.0 Å². The lowest BCUT2D eigenvalue weighted by Crippen LogP contribution is -2.44. The molecule has 0 spiro atoms. The average molecular weight is 457 g/mol. The molecule has 0 saturated carbocycles. The number of carbonyl (C=O) groups excluding carboxylic acids is 3. The van der Waals surface area contributed by atoms with Crippen molar-refractivity contribution in [2.45, 2.75) is 45.4 Å². The Morgan fingerprint density at radius 2 is 1.45 bits per heavy atom. The van der Waals surface area contributed by atoms with E-state index < -0.39 is 29.9 Å². The molecule has 0 bridgehead atoms. The maximum absolute atomic E-state index is 12.6. The highest BCUT2D eigenvalue weighted by molar-refractivity contribution is 5.85. The van der Waals surface area contributed by atoms with Crippen LogP contribution in [0.25, 0.3) is 0 Å². The third-order valence-electron chi connectivity index (χ3n) is 4.95. The lowest BCUT2D eigenvalue weighted by atomic mass is 10.1. The molecule has 2 amide bonds. The van der Waals surface area contributed by atoms with Gasteiger partial charge < -0.3 is 25.2 Å². The summed E-state index contributed by atoms with van der Waals surface area (Å²) in [6, 6.07) is 17.8. The molecular formula is C25H32N2O6. The van der Waals surface area contributed by atoms with E-state index in [-0.39, 0.29) is 19.8 Å². The summed E-state index contributed by atoms with van der Waals surface area (Å²) in [6.07, 6.45) is 0.993. The van der Waals surface area contributed by atoms with Crippen molar-refractivity contribution in [2.24, 2.45) is 5.92 Å². The molecule has 0 fully saturated rings. The van der Waals surface area contributed by atoms with Gasteiger partial charge >= 0.3 is 12.1 Å². The fourth-order valence-electron chi connectivity index (χ4n) is 2.91. The van der Waals surface area contributed by atoms with Crippen LogP contribution >= 0.6 is 0 Å². The van der Waals surface area contributed by atoms with E-state index in [0.29, 0.717) is 25.8 Å². The maximum atomic E-state index is 12.6. The van der Waals surface area contributed by atoms with Gasteiger partial charge in [-0.1, -0.05) is 67.6 Å². The molecule has 2 aromatic carbocycles. The second-order valence-corrected chi connectivity index (χ2v) is 7.72. The predicted molar refractivity (Wildman–Crippen MR) is 123 cm³/mol. The fraction of sp³-hybridized carbons (Fsp3) is 0.400. The van der Waals surface area contributed by atoms with Crippen LogP contribution in [-0.2, 0) is 32.3 Å². The zero-order valence-corrected chi connectivity index (χ0v) is 18.9. The highest BCUT2D eigenvalue weighted by Gasteiger charge is 2.24. The molecular weight excluding hydrogens is 424 g/mol. The number of rotatable bonds is 13. The van der Waals surface area contributed by atoms with Crippen LogP contribution in [0.1, 0.15) is 37.3 Å². The highest BCUT2D eigenvalue weighted by Crippen LogP contribution is 2.08. The summed E-state index contributed by atoms with van der Waals surface area (Å²) in [7, 11) is 0. The van der Waals surface area contributed by atoms with E-state index >= 15 is 0 Å². The monoisotopic (exact) mass is 456 g/mol. The van der Waals surface area contributed by atoms with Crippen LogP contribution in [0.5, 0.6) is 0 Å². The van der Waals surface area contributed by atoms with Crippen LogP contribution < -0.4 is 10.6 Å². The molecule has 0 aliphatic rings. The second-order valence-electron chi connectivity index (χ2n) is 7.72. The Bertz CT molecular complexity index is 860. The number of aliphatic hydroxyl groups excluding tert-OH is 1. The number of carbonyl (C=O) groups is 3. The molecule has 0 heterocycles. The third kappa shape index (κ3) is 10.2. The molecule has 0 saturated heterocycles. The minimum atomic E-state index is -0.833. The number of ether oxygens (including phenoxy) is 2. The van der Waals surface area contributed by atoms with Gasteiger partial charge in [-0.05, 0) is 30.4 Å². The maximum Gasteiger partial charge on any atom is 0.407 e. The average Bonchev–Trinajstić information content (AvgIpc) is 2.85.